The van der Waals surface area contributed by atoms with E-state index < -0.39 is 6.04 Å². The van der Waals surface area contributed by atoms with Gasteiger partial charge in [0.25, 0.3) is 11.5 Å². The molecule has 1 atom stereocenters. The number of fused-ring (bicyclic) bond motifs is 1. The van der Waals surface area contributed by atoms with Gasteiger partial charge in [-0.3, -0.25) is 14.2 Å². The number of ether oxygens (including phenoxy) is 2. The molecule has 0 unspecified atom stereocenters. The van der Waals surface area contributed by atoms with Crippen molar-refractivity contribution in [1.29, 1.82) is 0 Å². The number of nitrogens with zero attached hydrogens (tertiary/aromatic N) is 3. The first kappa shape index (κ1) is 31.5. The molecular formula is C37H34N4O5S. The van der Waals surface area contributed by atoms with E-state index in [1.165, 1.54) is 11.3 Å². The predicted octanol–water partition coefficient (Wildman–Crippen LogP) is 5.47. The normalized spacial score (nSPS) is 14.4. The minimum Gasteiger partial charge on any atom is -0.497 e. The van der Waals surface area contributed by atoms with Crippen LogP contribution in [0.3, 0.4) is 0 Å². The van der Waals surface area contributed by atoms with Gasteiger partial charge < -0.3 is 19.4 Å². The highest BCUT2D eigenvalue weighted by atomic mass is 32.1. The molecular weight excluding hydrogens is 612 g/mol. The number of hydrogen-bond donors (Lipinski definition) is 1. The number of amides is 1. The summed E-state index contributed by atoms with van der Waals surface area (Å²) in [4.78, 5) is 45.5. The van der Waals surface area contributed by atoms with Crippen LogP contribution in [0.4, 0.5) is 5.69 Å². The molecule has 3 aromatic carbocycles. The molecule has 1 N–H and O–H groups in total. The van der Waals surface area contributed by atoms with Gasteiger partial charge in [0, 0.05) is 22.8 Å². The van der Waals surface area contributed by atoms with E-state index >= 15 is 0 Å². The van der Waals surface area contributed by atoms with Crippen LogP contribution in [0.25, 0.3) is 11.8 Å². The number of para-hydroxylation sites is 1. The zero-order valence-electron chi connectivity index (χ0n) is 26.7. The molecule has 0 saturated carbocycles. The smallest absolute Gasteiger partial charge is 0.338 e. The number of aromatic nitrogens is 2. The number of carbonyl (C=O) groups is 2. The Labute approximate surface area is 275 Å². The van der Waals surface area contributed by atoms with Crippen molar-refractivity contribution in [3.63, 3.8) is 0 Å². The van der Waals surface area contributed by atoms with Gasteiger partial charge in [0.15, 0.2) is 4.80 Å². The van der Waals surface area contributed by atoms with Gasteiger partial charge in [-0.25, -0.2) is 9.79 Å². The lowest BCUT2D eigenvalue weighted by Crippen LogP contribution is -2.40. The second-order valence-electron chi connectivity index (χ2n) is 11.1. The summed E-state index contributed by atoms with van der Waals surface area (Å²) in [7, 11) is 1.59. The highest BCUT2D eigenvalue weighted by Gasteiger charge is 2.32. The SMILES string of the molecule is CCOC(=O)c1ccc(-n2c(C)cc(/C=c3/sc4n(c3=O)[C@H](c3ccc(OC)cc3)C(C(=O)Nc3ccccc3)=C(C)N=4)c2C)cc1. The molecule has 3 heterocycles. The van der Waals surface area contributed by atoms with Crippen LogP contribution in [0.15, 0.2) is 106 Å². The van der Waals surface area contributed by atoms with E-state index in [2.05, 4.69) is 9.88 Å². The second kappa shape index (κ2) is 13.1. The summed E-state index contributed by atoms with van der Waals surface area (Å²) >= 11 is 1.29. The van der Waals surface area contributed by atoms with Crippen LogP contribution in [-0.2, 0) is 9.53 Å². The van der Waals surface area contributed by atoms with Gasteiger partial charge in [-0.2, -0.15) is 0 Å². The number of anilines is 1. The molecule has 1 aliphatic heterocycles. The van der Waals surface area contributed by atoms with Gasteiger partial charge in [0.05, 0.1) is 41.1 Å². The quantitative estimate of drug-likeness (QED) is 0.226. The zero-order chi connectivity index (χ0) is 33.2. The topological polar surface area (TPSA) is 104 Å². The zero-order valence-corrected chi connectivity index (χ0v) is 27.6. The van der Waals surface area contributed by atoms with Crippen LogP contribution in [0.2, 0.25) is 0 Å². The fourth-order valence-electron chi connectivity index (χ4n) is 5.87. The molecule has 0 spiro atoms. The number of thiazole rings is 1. The maximum atomic E-state index is 14.2. The lowest BCUT2D eigenvalue weighted by molar-refractivity contribution is -0.113. The van der Waals surface area contributed by atoms with Crippen molar-refractivity contribution in [1.82, 2.24) is 9.13 Å². The molecule has 1 amide bonds. The van der Waals surface area contributed by atoms with Gasteiger partial charge in [0.2, 0.25) is 0 Å². The minimum atomic E-state index is -0.701. The summed E-state index contributed by atoms with van der Waals surface area (Å²) in [6.45, 7) is 7.88. The highest BCUT2D eigenvalue weighted by molar-refractivity contribution is 7.07. The molecule has 1 aliphatic rings. The number of benzene rings is 3. The van der Waals surface area contributed by atoms with E-state index in [1.54, 1.807) is 37.7 Å². The molecule has 238 valence electrons. The van der Waals surface area contributed by atoms with Crippen molar-refractivity contribution in [2.75, 3.05) is 19.0 Å². The number of hydrogen-bond acceptors (Lipinski definition) is 7. The summed E-state index contributed by atoms with van der Waals surface area (Å²) in [6.07, 6.45) is 1.88. The Bertz CT molecular complexity index is 2190. The van der Waals surface area contributed by atoms with Crippen molar-refractivity contribution in [3.05, 3.63) is 144 Å². The summed E-state index contributed by atoms with van der Waals surface area (Å²) in [5.74, 6) is -0.0203. The van der Waals surface area contributed by atoms with E-state index in [4.69, 9.17) is 14.5 Å². The van der Waals surface area contributed by atoms with E-state index in [-0.39, 0.29) is 17.4 Å². The molecule has 5 aromatic rings. The maximum Gasteiger partial charge on any atom is 0.338 e. The van der Waals surface area contributed by atoms with Crippen molar-refractivity contribution in [2.24, 2.45) is 4.99 Å². The summed E-state index contributed by atoms with van der Waals surface area (Å²) < 4.78 is 14.7. The molecule has 2 aromatic heterocycles. The fourth-order valence-corrected chi connectivity index (χ4v) is 6.90. The van der Waals surface area contributed by atoms with E-state index in [9.17, 15) is 14.4 Å². The molecule has 6 rings (SSSR count). The molecule has 0 saturated heterocycles. The fraction of sp³-hybridized carbons (Fsp3) is 0.189. The van der Waals surface area contributed by atoms with E-state index in [0.29, 0.717) is 44.2 Å². The molecule has 0 bridgehead atoms. The monoisotopic (exact) mass is 646 g/mol. The number of methoxy groups -OCH3 is 1. The molecule has 47 heavy (non-hydrogen) atoms. The van der Waals surface area contributed by atoms with Gasteiger partial charge >= 0.3 is 5.97 Å². The lowest BCUT2D eigenvalue weighted by Gasteiger charge is -2.25. The van der Waals surface area contributed by atoms with Gasteiger partial charge in [-0.1, -0.05) is 41.7 Å². The van der Waals surface area contributed by atoms with E-state index in [1.807, 2.05) is 92.7 Å². The Morgan fingerprint density at radius 2 is 1.68 bits per heavy atom. The molecule has 9 nitrogen and oxygen atoms in total. The number of carbonyl (C=O) groups excluding carboxylic acids is 2. The van der Waals surface area contributed by atoms with Gasteiger partial charge in [0.1, 0.15) is 5.75 Å². The first-order valence-corrected chi connectivity index (χ1v) is 16.0. The van der Waals surface area contributed by atoms with Gasteiger partial charge in [-0.05, 0) is 99.5 Å². The summed E-state index contributed by atoms with van der Waals surface area (Å²) in [6, 6.07) is 25.2. The maximum absolute atomic E-state index is 14.2. The van der Waals surface area contributed by atoms with Crippen LogP contribution in [0, 0.1) is 13.8 Å². The second-order valence-corrected chi connectivity index (χ2v) is 12.1. The Morgan fingerprint density at radius 3 is 2.34 bits per heavy atom. The van der Waals surface area contributed by atoms with E-state index in [0.717, 1.165) is 28.2 Å². The number of allylic oxidation sites excluding steroid dienone is 1. The lowest BCUT2D eigenvalue weighted by atomic mass is 9.95. The van der Waals surface area contributed by atoms with Gasteiger partial charge in [-0.15, -0.1) is 0 Å². The Balaban J connectivity index is 1.43. The minimum absolute atomic E-state index is 0.240. The molecule has 0 aliphatic carbocycles. The third kappa shape index (κ3) is 6.07. The Kier molecular flexibility index (Phi) is 8.78. The van der Waals surface area contributed by atoms with Crippen molar-refractivity contribution in [3.8, 4) is 11.4 Å². The largest absolute Gasteiger partial charge is 0.497 e. The summed E-state index contributed by atoms with van der Waals surface area (Å²) in [5, 5.41) is 2.98. The van der Waals surface area contributed by atoms with Crippen LogP contribution in [0.5, 0.6) is 5.75 Å². The van der Waals surface area contributed by atoms with Crippen molar-refractivity contribution >= 4 is 35.0 Å². The number of esters is 1. The first-order valence-electron chi connectivity index (χ1n) is 15.2. The van der Waals surface area contributed by atoms with Crippen LogP contribution in [-0.4, -0.2) is 34.7 Å². The first-order chi connectivity index (χ1) is 22.7. The molecule has 0 fully saturated rings. The Morgan fingerprint density at radius 1 is 0.979 bits per heavy atom. The molecule has 0 radical (unpaired) electrons. The Hall–Kier alpha value is -5.48. The molecule has 10 heteroatoms. The number of nitrogens with one attached hydrogen (secondary N) is 1. The average Bonchev–Trinajstić information content (AvgIpc) is 3.53. The highest BCUT2D eigenvalue weighted by Crippen LogP contribution is 2.32. The summed E-state index contributed by atoms with van der Waals surface area (Å²) in [5.41, 5.74) is 6.25. The number of rotatable bonds is 8. The van der Waals surface area contributed by atoms with Crippen LogP contribution >= 0.6 is 11.3 Å². The average molecular weight is 647 g/mol. The third-order valence-electron chi connectivity index (χ3n) is 8.12. The number of aryl methyl sites for hydroxylation is 1. The van der Waals surface area contributed by atoms with Crippen LogP contribution in [0.1, 0.15) is 52.8 Å². The van der Waals surface area contributed by atoms with Crippen molar-refractivity contribution < 1.29 is 19.1 Å². The van der Waals surface area contributed by atoms with Crippen molar-refractivity contribution in [2.45, 2.75) is 33.7 Å². The predicted molar refractivity (Wildman–Crippen MR) is 183 cm³/mol. The van der Waals surface area contributed by atoms with Crippen LogP contribution < -0.4 is 24.9 Å². The standard InChI is InChI=1S/C37H34N4O5S/c1-6-46-36(44)26-12-16-29(17-13-26)40-22(2)20-27(24(40)4)21-31-35(43)41-33(25-14-18-30(45-5)19-15-25)32(23(3)38-37(41)47-31)34(42)39-28-10-8-7-9-11-28/h7-21,33H,6H2,1-5H3,(H,39,42)/b31-21+/t33-/m1/s1. The third-order valence-corrected chi connectivity index (χ3v) is 9.11.